The molecule has 2 aromatic carbocycles. The van der Waals surface area contributed by atoms with Gasteiger partial charge in [0.25, 0.3) is 5.91 Å². The predicted molar refractivity (Wildman–Crippen MR) is 119 cm³/mol. The van der Waals surface area contributed by atoms with Gasteiger partial charge in [-0.2, -0.15) is 0 Å². The molecule has 0 saturated carbocycles. The van der Waals surface area contributed by atoms with Gasteiger partial charge in [-0.05, 0) is 60.9 Å². The third-order valence-electron chi connectivity index (χ3n) is 5.70. The molecule has 32 heavy (non-hydrogen) atoms. The minimum Gasteiger partial charge on any atom is -0.452 e. The van der Waals surface area contributed by atoms with Gasteiger partial charge in [-0.25, -0.2) is 4.79 Å². The first-order chi connectivity index (χ1) is 15.3. The zero-order chi connectivity index (χ0) is 22.8. The van der Waals surface area contributed by atoms with Gasteiger partial charge in [0.1, 0.15) is 0 Å². The fraction of sp³-hybridized carbons (Fsp3) is 0.250. The van der Waals surface area contributed by atoms with E-state index in [1.807, 2.05) is 19.1 Å². The summed E-state index contributed by atoms with van der Waals surface area (Å²) in [6.07, 6.45) is 4.47. The number of carbonyl (C=O) groups is 4. The first kappa shape index (κ1) is 21.8. The van der Waals surface area contributed by atoms with Gasteiger partial charge in [-0.15, -0.1) is 0 Å². The summed E-state index contributed by atoms with van der Waals surface area (Å²) in [5, 5.41) is 3.14. The van der Waals surface area contributed by atoms with Crippen LogP contribution in [0.15, 0.2) is 60.7 Å². The number of halogens is 1. The van der Waals surface area contributed by atoms with E-state index in [4.69, 9.17) is 16.3 Å². The molecule has 2 aliphatic rings. The van der Waals surface area contributed by atoms with Crippen LogP contribution in [0.5, 0.6) is 0 Å². The number of allylic oxidation sites excluding steroid dienone is 2. The van der Waals surface area contributed by atoms with Crippen LogP contribution in [-0.2, 0) is 19.1 Å². The minimum absolute atomic E-state index is 0.00321. The highest BCUT2D eigenvalue weighted by Gasteiger charge is 2.50. The van der Waals surface area contributed by atoms with Gasteiger partial charge in [-0.1, -0.05) is 30.7 Å². The maximum absolute atomic E-state index is 12.9. The molecule has 7 nitrogen and oxygen atoms in total. The smallest absolute Gasteiger partial charge is 0.338 e. The number of nitrogens with one attached hydrogen (secondary N) is 1. The largest absolute Gasteiger partial charge is 0.452 e. The number of anilines is 2. The van der Waals surface area contributed by atoms with E-state index in [-0.39, 0.29) is 35.1 Å². The van der Waals surface area contributed by atoms with Crippen molar-refractivity contribution in [2.24, 2.45) is 17.8 Å². The molecule has 1 heterocycles. The summed E-state index contributed by atoms with van der Waals surface area (Å²) in [6.45, 7) is 1.48. The molecule has 0 aromatic heterocycles. The van der Waals surface area contributed by atoms with Crippen molar-refractivity contribution in [3.05, 3.63) is 71.3 Å². The van der Waals surface area contributed by atoms with Crippen molar-refractivity contribution in [3.63, 3.8) is 0 Å². The first-order valence-corrected chi connectivity index (χ1v) is 10.6. The number of imide groups is 1. The summed E-state index contributed by atoms with van der Waals surface area (Å²) in [4.78, 5) is 51.1. The molecule has 1 saturated heterocycles. The van der Waals surface area contributed by atoms with Crippen molar-refractivity contribution >= 4 is 46.7 Å². The Morgan fingerprint density at radius 3 is 2.41 bits per heavy atom. The van der Waals surface area contributed by atoms with Crippen LogP contribution in [-0.4, -0.2) is 30.3 Å². The molecule has 8 heteroatoms. The highest BCUT2D eigenvalue weighted by Crippen LogP contribution is 2.40. The van der Waals surface area contributed by atoms with Gasteiger partial charge in [0.15, 0.2) is 6.61 Å². The minimum atomic E-state index is -0.687. The topological polar surface area (TPSA) is 92.8 Å². The monoisotopic (exact) mass is 452 g/mol. The van der Waals surface area contributed by atoms with E-state index in [1.165, 1.54) is 29.2 Å². The summed E-state index contributed by atoms with van der Waals surface area (Å²) in [5.41, 5.74) is 1.16. The summed E-state index contributed by atoms with van der Waals surface area (Å²) >= 11 is 5.80. The van der Waals surface area contributed by atoms with Crippen LogP contribution >= 0.6 is 11.6 Å². The van der Waals surface area contributed by atoms with E-state index in [9.17, 15) is 19.2 Å². The molecule has 4 rings (SSSR count). The lowest BCUT2D eigenvalue weighted by Crippen LogP contribution is -2.31. The molecule has 3 atom stereocenters. The van der Waals surface area contributed by atoms with Gasteiger partial charge < -0.3 is 10.1 Å². The lowest BCUT2D eigenvalue weighted by Gasteiger charge is -2.22. The van der Waals surface area contributed by atoms with Crippen LogP contribution in [0.1, 0.15) is 23.7 Å². The number of amides is 3. The van der Waals surface area contributed by atoms with E-state index in [2.05, 4.69) is 5.32 Å². The molecule has 0 spiro atoms. The molecule has 0 bridgehead atoms. The van der Waals surface area contributed by atoms with Crippen LogP contribution in [0.25, 0.3) is 0 Å². The third-order valence-corrected chi connectivity index (χ3v) is 5.95. The zero-order valence-corrected chi connectivity index (χ0v) is 18.0. The molecule has 3 amide bonds. The Morgan fingerprint density at radius 2 is 1.75 bits per heavy atom. The molecule has 1 aliphatic heterocycles. The summed E-state index contributed by atoms with van der Waals surface area (Å²) in [7, 11) is 0. The van der Waals surface area contributed by atoms with E-state index >= 15 is 0 Å². The average Bonchev–Trinajstić information content (AvgIpc) is 3.05. The molecule has 164 valence electrons. The van der Waals surface area contributed by atoms with Gasteiger partial charge in [0.05, 0.1) is 23.1 Å². The fourth-order valence-electron chi connectivity index (χ4n) is 4.09. The van der Waals surface area contributed by atoms with Crippen LogP contribution in [0.4, 0.5) is 11.4 Å². The number of ether oxygens (including phenoxy) is 1. The second-order valence-electron chi connectivity index (χ2n) is 7.85. The van der Waals surface area contributed by atoms with Crippen molar-refractivity contribution in [2.45, 2.75) is 13.3 Å². The molecule has 1 aliphatic carbocycles. The standard InChI is InChI=1S/C24H21ClN2O5/c1-14-3-2-4-19-21(14)23(30)27(22(19)29)18-11-5-15(6-12-18)24(31)32-13-20(28)26-17-9-7-16(25)8-10-17/h2-3,5-12,14,19,21H,4,13H2,1H3,(H,26,28)/t14-,19-,21-/m1/s1. The lowest BCUT2D eigenvalue weighted by atomic mass is 9.78. The second-order valence-corrected chi connectivity index (χ2v) is 8.28. The summed E-state index contributed by atoms with van der Waals surface area (Å²) in [6, 6.07) is 12.5. The van der Waals surface area contributed by atoms with Gasteiger partial charge >= 0.3 is 5.97 Å². The fourth-order valence-corrected chi connectivity index (χ4v) is 4.22. The number of esters is 1. The number of rotatable bonds is 5. The van der Waals surface area contributed by atoms with Crippen molar-refractivity contribution in [1.29, 1.82) is 0 Å². The average molecular weight is 453 g/mol. The highest BCUT2D eigenvalue weighted by molar-refractivity contribution is 6.30. The van der Waals surface area contributed by atoms with E-state index in [0.29, 0.717) is 22.8 Å². The number of hydrogen-bond donors (Lipinski definition) is 1. The Balaban J connectivity index is 1.36. The maximum Gasteiger partial charge on any atom is 0.338 e. The zero-order valence-electron chi connectivity index (χ0n) is 17.3. The van der Waals surface area contributed by atoms with Crippen molar-refractivity contribution in [3.8, 4) is 0 Å². The van der Waals surface area contributed by atoms with E-state index < -0.39 is 18.5 Å². The first-order valence-electron chi connectivity index (χ1n) is 10.2. The predicted octanol–water partition coefficient (Wildman–Crippen LogP) is 3.84. The lowest BCUT2D eigenvalue weighted by molar-refractivity contribution is -0.123. The molecule has 0 unspecified atom stereocenters. The SMILES string of the molecule is C[C@@H]1C=CC[C@H]2C(=O)N(c3ccc(C(=O)OCC(=O)Nc4ccc(Cl)cc4)cc3)C(=O)[C@H]12. The molecule has 0 radical (unpaired) electrons. The maximum atomic E-state index is 12.9. The number of nitrogens with zero attached hydrogens (tertiary/aromatic N) is 1. The van der Waals surface area contributed by atoms with Crippen LogP contribution < -0.4 is 10.2 Å². The Labute approximate surface area is 190 Å². The van der Waals surface area contributed by atoms with Crippen LogP contribution in [0, 0.1) is 17.8 Å². The molecule has 1 fully saturated rings. The molecule has 2 aromatic rings. The quantitative estimate of drug-likeness (QED) is 0.422. The Bertz CT molecular complexity index is 1090. The summed E-state index contributed by atoms with van der Waals surface area (Å²) < 4.78 is 5.05. The second kappa shape index (κ2) is 8.96. The van der Waals surface area contributed by atoms with Gasteiger partial charge in [0, 0.05) is 10.7 Å². The Kier molecular flexibility index (Phi) is 6.10. The van der Waals surface area contributed by atoms with Crippen molar-refractivity contribution in [1.82, 2.24) is 0 Å². The third kappa shape index (κ3) is 4.29. The highest BCUT2D eigenvalue weighted by atomic mass is 35.5. The number of fused-ring (bicyclic) bond motifs is 1. The number of carbonyl (C=O) groups excluding carboxylic acids is 4. The van der Waals surface area contributed by atoms with E-state index in [1.54, 1.807) is 24.3 Å². The molecular formula is C24H21ClN2O5. The van der Waals surface area contributed by atoms with Crippen molar-refractivity contribution in [2.75, 3.05) is 16.8 Å². The van der Waals surface area contributed by atoms with Gasteiger partial charge in [0.2, 0.25) is 11.8 Å². The molecule has 1 N–H and O–H groups in total. The van der Waals surface area contributed by atoms with Crippen molar-refractivity contribution < 1.29 is 23.9 Å². The molecular weight excluding hydrogens is 432 g/mol. The summed E-state index contributed by atoms with van der Waals surface area (Å²) in [5.74, 6) is -2.30. The number of hydrogen-bond acceptors (Lipinski definition) is 5. The van der Waals surface area contributed by atoms with E-state index in [0.717, 1.165) is 0 Å². The Morgan fingerprint density at radius 1 is 1.06 bits per heavy atom. The van der Waals surface area contributed by atoms with Gasteiger partial charge in [-0.3, -0.25) is 19.3 Å². The normalized spacial score (nSPS) is 21.9. The Hall–Kier alpha value is -3.45. The number of benzene rings is 2. The van der Waals surface area contributed by atoms with Crippen LogP contribution in [0.3, 0.4) is 0 Å². The van der Waals surface area contributed by atoms with Crippen LogP contribution in [0.2, 0.25) is 5.02 Å².